The van der Waals surface area contributed by atoms with Gasteiger partial charge >= 0.3 is 6.03 Å². The van der Waals surface area contributed by atoms with E-state index in [4.69, 9.17) is 0 Å². The fraction of sp³-hybridized carbons (Fsp3) is 0.652. The van der Waals surface area contributed by atoms with Crippen molar-refractivity contribution in [1.82, 2.24) is 25.3 Å². The summed E-state index contributed by atoms with van der Waals surface area (Å²) in [6, 6.07) is 11.9. The molecule has 2 aliphatic heterocycles. The van der Waals surface area contributed by atoms with Crippen LogP contribution in [0.1, 0.15) is 37.2 Å². The quantitative estimate of drug-likeness (QED) is 0.741. The van der Waals surface area contributed by atoms with Crippen molar-refractivity contribution in [3.63, 3.8) is 0 Å². The van der Waals surface area contributed by atoms with Crippen molar-refractivity contribution >= 4 is 11.9 Å². The molecule has 0 spiro atoms. The first-order chi connectivity index (χ1) is 14.4. The minimum atomic E-state index is -0.219. The van der Waals surface area contributed by atoms with Crippen LogP contribution in [0.5, 0.6) is 0 Å². The lowest BCUT2D eigenvalue weighted by Gasteiger charge is -2.57. The van der Waals surface area contributed by atoms with Crippen LogP contribution < -0.4 is 10.6 Å². The molecule has 7 heteroatoms. The molecule has 3 fully saturated rings. The minimum absolute atomic E-state index is 0.0276. The van der Waals surface area contributed by atoms with Gasteiger partial charge in [-0.2, -0.15) is 0 Å². The maximum Gasteiger partial charge on any atom is 0.319 e. The van der Waals surface area contributed by atoms with Crippen LogP contribution in [0.2, 0.25) is 0 Å². The number of hydrogen-bond donors (Lipinski definition) is 2. The van der Waals surface area contributed by atoms with E-state index in [2.05, 4.69) is 45.9 Å². The summed E-state index contributed by atoms with van der Waals surface area (Å²) in [5.74, 6) is 0.706. The van der Waals surface area contributed by atoms with Gasteiger partial charge in [0.25, 0.3) is 0 Å². The zero-order chi connectivity index (χ0) is 21.3. The summed E-state index contributed by atoms with van der Waals surface area (Å²) in [5.41, 5.74) is 1.22. The fourth-order valence-electron chi connectivity index (χ4n) is 5.16. The molecule has 2 saturated heterocycles. The average molecular weight is 414 g/mol. The molecule has 7 nitrogen and oxygen atoms in total. The van der Waals surface area contributed by atoms with Crippen LogP contribution in [-0.2, 0) is 4.79 Å². The van der Waals surface area contributed by atoms with E-state index in [0.717, 1.165) is 25.9 Å². The molecule has 0 bridgehead atoms. The fourth-order valence-corrected chi connectivity index (χ4v) is 5.16. The van der Waals surface area contributed by atoms with Gasteiger partial charge in [0.15, 0.2) is 0 Å². The van der Waals surface area contributed by atoms with Crippen molar-refractivity contribution < 1.29 is 9.59 Å². The molecular formula is C23H35N5O2. The van der Waals surface area contributed by atoms with Gasteiger partial charge in [-0.15, -0.1) is 0 Å². The molecule has 0 unspecified atom stereocenters. The van der Waals surface area contributed by atoms with Crippen molar-refractivity contribution in [2.24, 2.45) is 0 Å². The lowest BCUT2D eigenvalue weighted by molar-refractivity contribution is -0.129. The van der Waals surface area contributed by atoms with Crippen LogP contribution in [0.4, 0.5) is 4.79 Å². The summed E-state index contributed by atoms with van der Waals surface area (Å²) in [7, 11) is 5.24. The Balaban J connectivity index is 1.30. The molecule has 2 heterocycles. The Morgan fingerprint density at radius 1 is 1.13 bits per heavy atom. The minimum Gasteiger partial charge on any atom is -0.359 e. The van der Waals surface area contributed by atoms with Gasteiger partial charge in [0.2, 0.25) is 5.91 Å². The van der Waals surface area contributed by atoms with Crippen LogP contribution in [0.25, 0.3) is 0 Å². The number of nitrogens with zero attached hydrogens (tertiary/aromatic N) is 3. The number of piperidine rings is 1. The second-order valence-electron chi connectivity index (χ2n) is 9.39. The third kappa shape index (κ3) is 4.32. The molecule has 1 aromatic carbocycles. The van der Waals surface area contributed by atoms with E-state index in [0.29, 0.717) is 37.5 Å². The Morgan fingerprint density at radius 3 is 2.40 bits per heavy atom. The molecule has 3 aliphatic rings. The molecule has 3 amide bonds. The van der Waals surface area contributed by atoms with Gasteiger partial charge in [-0.05, 0) is 24.8 Å². The Hall–Kier alpha value is -2.12. The SMILES string of the molecule is CNC(=O)CC1(N2CCC(N[C@@H]3C[C@H]3c3ccccc3)CC2)CN(C(=O)N(C)C)C1. The molecule has 4 rings (SSSR count). The van der Waals surface area contributed by atoms with Crippen molar-refractivity contribution in [1.29, 1.82) is 0 Å². The standard InChI is InChI=1S/C23H35N5O2/c1-24-21(29)14-23(15-27(16-23)22(30)26(2)3)28-11-9-18(10-12-28)25-20-13-19(20)17-7-5-4-6-8-17/h4-8,18-20,25H,9-16H2,1-3H3,(H,24,29)/t19-,20+/m0/s1. The monoisotopic (exact) mass is 413 g/mol. The zero-order valence-corrected chi connectivity index (χ0v) is 18.4. The van der Waals surface area contributed by atoms with E-state index >= 15 is 0 Å². The lowest BCUT2D eigenvalue weighted by Crippen LogP contribution is -2.74. The summed E-state index contributed by atoms with van der Waals surface area (Å²) in [6.07, 6.45) is 3.87. The average Bonchev–Trinajstić information content (AvgIpc) is 3.50. The number of carbonyl (C=O) groups excluding carboxylic acids is 2. The highest BCUT2D eigenvalue weighted by molar-refractivity contribution is 5.79. The first-order valence-corrected chi connectivity index (χ1v) is 11.1. The maximum atomic E-state index is 12.3. The summed E-state index contributed by atoms with van der Waals surface area (Å²) in [5, 5.41) is 6.63. The molecule has 2 atom stereocenters. The summed E-state index contributed by atoms with van der Waals surface area (Å²) in [4.78, 5) is 30.4. The van der Waals surface area contributed by atoms with Gasteiger partial charge < -0.3 is 20.4 Å². The van der Waals surface area contributed by atoms with Crippen LogP contribution in [0.15, 0.2) is 30.3 Å². The van der Waals surface area contributed by atoms with Crippen LogP contribution in [0, 0.1) is 0 Å². The highest BCUT2D eigenvalue weighted by Gasteiger charge is 2.51. The number of amides is 3. The molecule has 0 aromatic heterocycles. The van der Waals surface area contributed by atoms with Crippen LogP contribution >= 0.6 is 0 Å². The number of benzene rings is 1. The smallest absolute Gasteiger partial charge is 0.319 e. The zero-order valence-electron chi connectivity index (χ0n) is 18.4. The van der Waals surface area contributed by atoms with E-state index in [9.17, 15) is 9.59 Å². The second kappa shape index (κ2) is 8.55. The van der Waals surface area contributed by atoms with Crippen LogP contribution in [0.3, 0.4) is 0 Å². The highest BCUT2D eigenvalue weighted by atomic mass is 16.2. The normalized spacial score (nSPS) is 26.0. The lowest BCUT2D eigenvalue weighted by atomic mass is 9.82. The number of urea groups is 1. The first-order valence-electron chi connectivity index (χ1n) is 11.1. The molecular weight excluding hydrogens is 378 g/mol. The van der Waals surface area contributed by atoms with Gasteiger partial charge in [-0.1, -0.05) is 30.3 Å². The predicted molar refractivity (Wildman–Crippen MR) is 117 cm³/mol. The number of likely N-dealkylation sites (tertiary alicyclic amines) is 2. The molecule has 2 N–H and O–H groups in total. The number of rotatable bonds is 6. The van der Waals surface area contributed by atoms with E-state index in [1.54, 1.807) is 26.0 Å². The second-order valence-corrected chi connectivity index (χ2v) is 9.39. The summed E-state index contributed by atoms with van der Waals surface area (Å²) in [6.45, 7) is 3.21. The van der Waals surface area contributed by atoms with Gasteiger partial charge in [-0.3, -0.25) is 9.69 Å². The van der Waals surface area contributed by atoms with E-state index in [1.165, 1.54) is 12.0 Å². The third-order valence-corrected chi connectivity index (χ3v) is 7.03. The van der Waals surface area contributed by atoms with Crippen molar-refractivity contribution in [3.8, 4) is 0 Å². The van der Waals surface area contributed by atoms with E-state index in [-0.39, 0.29) is 17.5 Å². The molecule has 30 heavy (non-hydrogen) atoms. The molecule has 1 saturated carbocycles. The van der Waals surface area contributed by atoms with Gasteiger partial charge in [-0.25, -0.2) is 4.79 Å². The van der Waals surface area contributed by atoms with E-state index in [1.807, 2.05) is 4.90 Å². The van der Waals surface area contributed by atoms with Gasteiger partial charge in [0.05, 0.1) is 5.54 Å². The molecule has 1 aliphatic carbocycles. The van der Waals surface area contributed by atoms with Crippen molar-refractivity contribution in [3.05, 3.63) is 35.9 Å². The molecule has 0 radical (unpaired) electrons. The van der Waals surface area contributed by atoms with E-state index < -0.39 is 0 Å². The Kier molecular flexibility index (Phi) is 6.02. The number of hydrogen-bond acceptors (Lipinski definition) is 4. The van der Waals surface area contributed by atoms with Crippen molar-refractivity contribution in [2.75, 3.05) is 47.3 Å². The number of nitrogens with one attached hydrogen (secondary N) is 2. The Bertz CT molecular complexity index is 754. The predicted octanol–water partition coefficient (Wildman–Crippen LogP) is 1.47. The van der Waals surface area contributed by atoms with Crippen molar-refractivity contribution in [2.45, 2.75) is 49.2 Å². The topological polar surface area (TPSA) is 67.9 Å². The maximum absolute atomic E-state index is 12.3. The van der Waals surface area contributed by atoms with Gasteiger partial charge in [0.1, 0.15) is 0 Å². The Labute approximate surface area is 179 Å². The molecule has 1 aromatic rings. The van der Waals surface area contributed by atoms with Crippen LogP contribution in [-0.4, -0.2) is 91.6 Å². The summed E-state index contributed by atoms with van der Waals surface area (Å²) < 4.78 is 0. The third-order valence-electron chi connectivity index (χ3n) is 7.03. The first kappa shape index (κ1) is 21.1. The Morgan fingerprint density at radius 2 is 1.80 bits per heavy atom. The largest absolute Gasteiger partial charge is 0.359 e. The van der Waals surface area contributed by atoms with Gasteiger partial charge in [0, 0.05) is 71.7 Å². The summed E-state index contributed by atoms with van der Waals surface area (Å²) >= 11 is 0. The number of carbonyl (C=O) groups is 2. The molecule has 164 valence electrons. The highest BCUT2D eigenvalue weighted by Crippen LogP contribution is 2.41.